The fraction of sp³-hybridized carbons (Fsp3) is 0.857. The minimum Gasteiger partial charge on any atom is -0.322 e. The number of alkyl halides is 1. The molecule has 0 aromatic heterocycles. The van der Waals surface area contributed by atoms with Crippen molar-refractivity contribution in [3.05, 3.63) is 0 Å². The summed E-state index contributed by atoms with van der Waals surface area (Å²) < 4.78 is 0. The number of carbonyl (C=O) groups excluding carboxylic acids is 1. The number of thioether (sulfide) groups is 1. The van der Waals surface area contributed by atoms with Gasteiger partial charge in [-0.2, -0.15) is 5.26 Å². The summed E-state index contributed by atoms with van der Waals surface area (Å²) in [6, 6.07) is 2.33. The highest BCUT2D eigenvalue weighted by molar-refractivity contribution is 8.00. The van der Waals surface area contributed by atoms with Gasteiger partial charge in [0.1, 0.15) is 5.37 Å². The second-order valence-corrected chi connectivity index (χ2v) is 7.19. The maximum atomic E-state index is 12.2. The molecule has 5 heteroatoms. The molecule has 0 N–H and O–H groups in total. The van der Waals surface area contributed by atoms with Gasteiger partial charge in [0.25, 0.3) is 5.91 Å². The molecule has 0 aromatic carbocycles. The molecule has 1 aliphatic heterocycles. The van der Waals surface area contributed by atoms with Crippen molar-refractivity contribution in [3.63, 3.8) is 0 Å². The Balaban J connectivity index is 2.04. The maximum Gasteiger partial charge on any atom is 0.262 e. The van der Waals surface area contributed by atoms with Crippen molar-refractivity contribution < 1.29 is 4.79 Å². The van der Waals surface area contributed by atoms with Crippen molar-refractivity contribution in [1.82, 2.24) is 4.90 Å². The molecule has 1 amide bonds. The molecule has 0 radical (unpaired) electrons. The highest BCUT2D eigenvalue weighted by atomic mass is 35.5. The molecule has 19 heavy (non-hydrogen) atoms. The lowest BCUT2D eigenvalue weighted by atomic mass is 9.88. The van der Waals surface area contributed by atoms with Crippen LogP contribution in [0.15, 0.2) is 0 Å². The molecule has 0 spiro atoms. The number of rotatable bonds is 5. The summed E-state index contributed by atoms with van der Waals surface area (Å²) in [7, 11) is 0. The SMILES string of the molecule is CCCCS[C@@H]1N(C2CCCCC2)C(=O)[C@@]1(Cl)C#N. The summed E-state index contributed by atoms with van der Waals surface area (Å²) in [5, 5.41) is 9.06. The zero-order valence-corrected chi connectivity index (χ0v) is 13.0. The van der Waals surface area contributed by atoms with E-state index in [-0.39, 0.29) is 11.3 Å². The first-order valence-electron chi connectivity index (χ1n) is 7.19. The van der Waals surface area contributed by atoms with Crippen LogP contribution in [0.1, 0.15) is 51.9 Å². The fourth-order valence-corrected chi connectivity index (χ4v) is 4.76. The largest absolute Gasteiger partial charge is 0.322 e. The molecule has 1 aliphatic carbocycles. The first-order chi connectivity index (χ1) is 9.15. The number of hydrogen-bond donors (Lipinski definition) is 0. The first kappa shape index (κ1) is 15.0. The van der Waals surface area contributed by atoms with E-state index in [1.807, 2.05) is 11.0 Å². The van der Waals surface area contributed by atoms with Crippen molar-refractivity contribution in [1.29, 1.82) is 5.26 Å². The highest BCUT2D eigenvalue weighted by Crippen LogP contribution is 2.46. The molecule has 2 rings (SSSR count). The Labute approximate surface area is 124 Å². The van der Waals surface area contributed by atoms with E-state index in [0.717, 1.165) is 31.4 Å². The van der Waals surface area contributed by atoms with Crippen LogP contribution in [0.25, 0.3) is 0 Å². The van der Waals surface area contributed by atoms with Crippen LogP contribution in [0, 0.1) is 11.3 Å². The van der Waals surface area contributed by atoms with E-state index in [2.05, 4.69) is 6.92 Å². The van der Waals surface area contributed by atoms with Gasteiger partial charge in [-0.05, 0) is 25.0 Å². The van der Waals surface area contributed by atoms with Crippen LogP contribution in [0.4, 0.5) is 0 Å². The van der Waals surface area contributed by atoms with Crippen LogP contribution < -0.4 is 0 Å². The van der Waals surface area contributed by atoms with Crippen LogP contribution in [0.3, 0.4) is 0 Å². The van der Waals surface area contributed by atoms with Crippen molar-refractivity contribution in [3.8, 4) is 6.07 Å². The monoisotopic (exact) mass is 300 g/mol. The molecular formula is C14H21ClN2OS. The Kier molecular flexibility index (Phi) is 5.03. The lowest BCUT2D eigenvalue weighted by Crippen LogP contribution is -2.71. The van der Waals surface area contributed by atoms with E-state index in [9.17, 15) is 10.1 Å². The molecule has 0 unspecified atom stereocenters. The predicted molar refractivity (Wildman–Crippen MR) is 79.1 cm³/mol. The Morgan fingerprint density at radius 1 is 1.47 bits per heavy atom. The number of hydrogen-bond acceptors (Lipinski definition) is 3. The zero-order chi connectivity index (χ0) is 13.9. The number of carbonyl (C=O) groups is 1. The summed E-state index contributed by atoms with van der Waals surface area (Å²) in [4.78, 5) is 12.8. The number of unbranched alkanes of at least 4 members (excludes halogenated alkanes) is 1. The van der Waals surface area contributed by atoms with Gasteiger partial charge < -0.3 is 4.90 Å². The van der Waals surface area contributed by atoms with Gasteiger partial charge in [-0.25, -0.2) is 0 Å². The lowest BCUT2D eigenvalue weighted by molar-refractivity contribution is -0.149. The van der Waals surface area contributed by atoms with Crippen LogP contribution in [0.2, 0.25) is 0 Å². The third kappa shape index (κ3) is 2.73. The molecule has 1 saturated heterocycles. The average molecular weight is 301 g/mol. The van der Waals surface area contributed by atoms with Gasteiger partial charge in [-0.15, -0.1) is 11.8 Å². The number of amides is 1. The van der Waals surface area contributed by atoms with E-state index in [0.29, 0.717) is 6.04 Å². The Morgan fingerprint density at radius 2 is 2.16 bits per heavy atom. The third-order valence-electron chi connectivity index (χ3n) is 4.04. The molecule has 2 aliphatic rings. The van der Waals surface area contributed by atoms with Gasteiger partial charge in [0.2, 0.25) is 4.87 Å². The van der Waals surface area contributed by atoms with Crippen molar-refractivity contribution >= 4 is 29.3 Å². The normalized spacial score (nSPS) is 31.9. The van der Waals surface area contributed by atoms with Crippen LogP contribution in [-0.4, -0.2) is 32.8 Å². The maximum absolute atomic E-state index is 12.2. The van der Waals surface area contributed by atoms with Crippen LogP contribution >= 0.6 is 23.4 Å². The molecule has 2 fully saturated rings. The van der Waals surface area contributed by atoms with Gasteiger partial charge in [-0.3, -0.25) is 4.79 Å². The van der Waals surface area contributed by atoms with Crippen molar-refractivity contribution in [2.45, 2.75) is 68.2 Å². The summed E-state index contributed by atoms with van der Waals surface area (Å²) in [5.74, 6) is 0.797. The van der Waals surface area contributed by atoms with E-state index in [4.69, 9.17) is 11.6 Å². The van der Waals surface area contributed by atoms with E-state index in [1.54, 1.807) is 11.8 Å². The number of likely N-dealkylation sites (tertiary alicyclic amines) is 1. The van der Waals surface area contributed by atoms with Gasteiger partial charge in [0.15, 0.2) is 0 Å². The van der Waals surface area contributed by atoms with E-state index >= 15 is 0 Å². The van der Waals surface area contributed by atoms with Gasteiger partial charge in [0, 0.05) is 6.04 Å². The summed E-state index contributed by atoms with van der Waals surface area (Å²) in [6.07, 6.45) is 7.98. The summed E-state index contributed by atoms with van der Waals surface area (Å²) in [5.41, 5.74) is 0. The average Bonchev–Trinajstić information content (AvgIpc) is 2.46. The van der Waals surface area contributed by atoms with E-state index < -0.39 is 4.87 Å². The molecule has 0 bridgehead atoms. The predicted octanol–water partition coefficient (Wildman–Crippen LogP) is 3.52. The number of nitriles is 1. The number of β-lactam (4-membered cyclic amide) rings is 1. The molecular weight excluding hydrogens is 280 g/mol. The second kappa shape index (κ2) is 6.37. The Morgan fingerprint density at radius 3 is 2.74 bits per heavy atom. The minimum atomic E-state index is -1.31. The minimum absolute atomic E-state index is 0.152. The van der Waals surface area contributed by atoms with Gasteiger partial charge in [-0.1, -0.05) is 44.2 Å². The molecule has 3 nitrogen and oxygen atoms in total. The second-order valence-electron chi connectivity index (χ2n) is 5.40. The van der Waals surface area contributed by atoms with Gasteiger partial charge >= 0.3 is 0 Å². The van der Waals surface area contributed by atoms with E-state index in [1.165, 1.54) is 19.3 Å². The molecule has 2 atom stereocenters. The third-order valence-corrected chi connectivity index (χ3v) is 6.05. The van der Waals surface area contributed by atoms with Crippen molar-refractivity contribution in [2.75, 3.05) is 5.75 Å². The Bertz CT molecular complexity index is 378. The standard InChI is InChI=1S/C14H21ClN2OS/c1-2-3-9-19-13-14(15,10-16)12(18)17(13)11-7-5-4-6-8-11/h11,13H,2-9H2,1H3/t13-,14-/m0/s1. The zero-order valence-electron chi connectivity index (χ0n) is 11.4. The molecule has 106 valence electrons. The Hall–Kier alpha value is -0.400. The summed E-state index contributed by atoms with van der Waals surface area (Å²) in [6.45, 7) is 2.14. The molecule has 1 heterocycles. The summed E-state index contributed by atoms with van der Waals surface area (Å²) >= 11 is 7.90. The number of nitrogens with zero attached hydrogens (tertiary/aromatic N) is 2. The lowest BCUT2D eigenvalue weighted by Gasteiger charge is -2.53. The molecule has 0 aromatic rings. The topological polar surface area (TPSA) is 44.1 Å². The fourth-order valence-electron chi connectivity index (χ4n) is 2.88. The smallest absolute Gasteiger partial charge is 0.262 e. The van der Waals surface area contributed by atoms with Crippen LogP contribution in [0.5, 0.6) is 0 Å². The molecule has 1 saturated carbocycles. The first-order valence-corrected chi connectivity index (χ1v) is 8.62. The highest BCUT2D eigenvalue weighted by Gasteiger charge is 2.62. The van der Waals surface area contributed by atoms with Gasteiger partial charge in [0.05, 0.1) is 6.07 Å². The van der Waals surface area contributed by atoms with Crippen LogP contribution in [-0.2, 0) is 4.79 Å². The van der Waals surface area contributed by atoms with Crippen molar-refractivity contribution in [2.24, 2.45) is 0 Å². The number of halogens is 1. The quantitative estimate of drug-likeness (QED) is 0.443.